The van der Waals surface area contributed by atoms with Crippen LogP contribution in [0.5, 0.6) is 0 Å². The molecule has 1 aliphatic heterocycles. The number of aliphatic hydroxyl groups is 1. The van der Waals surface area contributed by atoms with Gasteiger partial charge in [-0.15, -0.1) is 0 Å². The number of hydrogen-bond donors (Lipinski definition) is 2. The average molecular weight is 333 g/mol. The number of pyridine rings is 1. The third kappa shape index (κ3) is 4.07. The highest BCUT2D eigenvalue weighted by molar-refractivity contribution is 5.74. The zero-order valence-corrected chi connectivity index (χ0v) is 15.4. The molecule has 1 atom stereocenters. The first kappa shape index (κ1) is 18.7. The normalized spacial score (nSPS) is 18.5. The number of carbonyl (C=O) groups excluding carboxylic acids is 1. The minimum atomic E-state index is -0.0885. The van der Waals surface area contributed by atoms with Crippen molar-refractivity contribution in [1.82, 2.24) is 15.2 Å². The van der Waals surface area contributed by atoms with Gasteiger partial charge in [0.05, 0.1) is 11.7 Å². The Balaban J connectivity index is 2.04. The molecule has 2 N–H and O–H groups in total. The van der Waals surface area contributed by atoms with E-state index in [9.17, 15) is 9.90 Å². The smallest absolute Gasteiger partial charge is 0.317 e. The van der Waals surface area contributed by atoms with Gasteiger partial charge in [0.1, 0.15) is 0 Å². The molecule has 1 aromatic rings. The Hall–Kier alpha value is -1.62. The molecule has 5 heteroatoms. The van der Waals surface area contributed by atoms with E-state index in [2.05, 4.69) is 31.1 Å². The van der Waals surface area contributed by atoms with Crippen molar-refractivity contribution in [3.05, 3.63) is 29.6 Å². The number of aromatic nitrogens is 1. The van der Waals surface area contributed by atoms with E-state index in [4.69, 9.17) is 0 Å². The third-order valence-corrected chi connectivity index (χ3v) is 5.49. The van der Waals surface area contributed by atoms with Gasteiger partial charge in [-0.05, 0) is 49.1 Å². The van der Waals surface area contributed by atoms with Gasteiger partial charge >= 0.3 is 6.03 Å². The molecule has 0 saturated carbocycles. The second kappa shape index (κ2) is 7.97. The van der Waals surface area contributed by atoms with Gasteiger partial charge in [-0.3, -0.25) is 4.98 Å². The molecule has 0 spiro atoms. The summed E-state index contributed by atoms with van der Waals surface area (Å²) >= 11 is 0. The highest BCUT2D eigenvalue weighted by Crippen LogP contribution is 2.34. The van der Waals surface area contributed by atoms with E-state index in [1.807, 2.05) is 24.0 Å². The van der Waals surface area contributed by atoms with Crippen LogP contribution in [-0.4, -0.2) is 40.7 Å². The minimum Gasteiger partial charge on any atom is -0.396 e. The SMILES string of the molecule is CCC1(CO)CCN(C(=O)NC(c2ncccc2C)C(C)C)CC1. The average Bonchev–Trinajstić information content (AvgIpc) is 2.60. The second-order valence-electron chi connectivity index (χ2n) is 7.38. The molecule has 1 aliphatic rings. The molecule has 1 fully saturated rings. The number of carbonyl (C=O) groups is 1. The number of likely N-dealkylation sites (tertiary alicyclic amines) is 1. The van der Waals surface area contributed by atoms with Crippen LogP contribution in [0.25, 0.3) is 0 Å². The molecule has 0 bridgehead atoms. The van der Waals surface area contributed by atoms with Crippen LogP contribution in [0.3, 0.4) is 0 Å². The number of hydrogen-bond acceptors (Lipinski definition) is 3. The van der Waals surface area contributed by atoms with Gasteiger partial charge < -0.3 is 15.3 Å². The summed E-state index contributed by atoms with van der Waals surface area (Å²) in [6.07, 6.45) is 4.47. The number of nitrogens with one attached hydrogen (secondary N) is 1. The molecule has 2 heterocycles. The van der Waals surface area contributed by atoms with Crippen molar-refractivity contribution >= 4 is 6.03 Å². The van der Waals surface area contributed by atoms with E-state index in [1.165, 1.54) is 0 Å². The fourth-order valence-electron chi connectivity index (χ4n) is 3.41. The first-order chi connectivity index (χ1) is 11.4. The quantitative estimate of drug-likeness (QED) is 0.869. The summed E-state index contributed by atoms with van der Waals surface area (Å²) in [7, 11) is 0. The number of urea groups is 1. The second-order valence-corrected chi connectivity index (χ2v) is 7.38. The fourth-order valence-corrected chi connectivity index (χ4v) is 3.41. The molecule has 2 rings (SSSR count). The fraction of sp³-hybridized carbons (Fsp3) is 0.684. The van der Waals surface area contributed by atoms with Crippen molar-refractivity contribution in [2.45, 2.75) is 53.0 Å². The zero-order chi connectivity index (χ0) is 17.7. The van der Waals surface area contributed by atoms with Crippen LogP contribution < -0.4 is 5.32 Å². The van der Waals surface area contributed by atoms with Crippen LogP contribution in [0.15, 0.2) is 18.3 Å². The maximum absolute atomic E-state index is 12.7. The Morgan fingerprint density at radius 3 is 2.58 bits per heavy atom. The zero-order valence-electron chi connectivity index (χ0n) is 15.4. The van der Waals surface area contributed by atoms with Crippen LogP contribution in [-0.2, 0) is 0 Å². The maximum Gasteiger partial charge on any atom is 0.317 e. The monoisotopic (exact) mass is 333 g/mol. The number of aryl methyl sites for hydroxylation is 1. The van der Waals surface area contributed by atoms with E-state index >= 15 is 0 Å². The van der Waals surface area contributed by atoms with Crippen molar-refractivity contribution < 1.29 is 9.90 Å². The topological polar surface area (TPSA) is 65.5 Å². The Bertz CT molecular complexity index is 545. The predicted octanol–water partition coefficient (Wildman–Crippen LogP) is 3.28. The van der Waals surface area contributed by atoms with E-state index in [1.54, 1.807) is 6.20 Å². The molecule has 2 amide bonds. The molecule has 1 unspecified atom stereocenters. The lowest BCUT2D eigenvalue weighted by Gasteiger charge is -2.40. The lowest BCUT2D eigenvalue weighted by molar-refractivity contribution is 0.0511. The first-order valence-electron chi connectivity index (χ1n) is 9.00. The van der Waals surface area contributed by atoms with Crippen molar-refractivity contribution in [2.24, 2.45) is 11.3 Å². The van der Waals surface area contributed by atoms with Gasteiger partial charge in [0.2, 0.25) is 0 Å². The number of rotatable bonds is 5. The molecular weight excluding hydrogens is 302 g/mol. The molecule has 5 nitrogen and oxygen atoms in total. The van der Waals surface area contributed by atoms with E-state index in [-0.39, 0.29) is 30.0 Å². The van der Waals surface area contributed by atoms with Crippen LogP contribution in [0.4, 0.5) is 4.79 Å². The molecule has 0 aromatic carbocycles. The maximum atomic E-state index is 12.7. The van der Waals surface area contributed by atoms with Crippen LogP contribution in [0.1, 0.15) is 57.3 Å². The number of piperidine rings is 1. The van der Waals surface area contributed by atoms with Crippen molar-refractivity contribution in [3.8, 4) is 0 Å². The van der Waals surface area contributed by atoms with Gasteiger partial charge in [-0.25, -0.2) is 4.79 Å². The lowest BCUT2D eigenvalue weighted by Crippen LogP contribution is -2.49. The van der Waals surface area contributed by atoms with E-state index < -0.39 is 0 Å². The highest BCUT2D eigenvalue weighted by Gasteiger charge is 2.34. The van der Waals surface area contributed by atoms with Crippen LogP contribution in [0, 0.1) is 18.3 Å². The summed E-state index contributed by atoms with van der Waals surface area (Å²) in [5.41, 5.74) is 2.03. The Morgan fingerprint density at radius 1 is 1.42 bits per heavy atom. The Morgan fingerprint density at radius 2 is 2.08 bits per heavy atom. The van der Waals surface area contributed by atoms with Gasteiger partial charge in [0.25, 0.3) is 0 Å². The molecule has 134 valence electrons. The lowest BCUT2D eigenvalue weighted by atomic mass is 9.77. The summed E-state index contributed by atoms with van der Waals surface area (Å²) in [4.78, 5) is 19.1. The molecule has 1 aromatic heterocycles. The Kier molecular flexibility index (Phi) is 6.21. The van der Waals surface area contributed by atoms with Gasteiger partial charge in [0.15, 0.2) is 0 Å². The van der Waals surface area contributed by atoms with Gasteiger partial charge in [-0.1, -0.05) is 26.8 Å². The van der Waals surface area contributed by atoms with E-state index in [0.29, 0.717) is 13.1 Å². The first-order valence-corrected chi connectivity index (χ1v) is 9.00. The number of nitrogens with zero attached hydrogens (tertiary/aromatic N) is 2. The predicted molar refractivity (Wildman–Crippen MR) is 95.7 cm³/mol. The van der Waals surface area contributed by atoms with Crippen LogP contribution >= 0.6 is 0 Å². The summed E-state index contributed by atoms with van der Waals surface area (Å²) < 4.78 is 0. The molecular formula is C19H31N3O2. The van der Waals surface area contributed by atoms with Gasteiger partial charge in [-0.2, -0.15) is 0 Å². The number of amides is 2. The highest BCUT2D eigenvalue weighted by atomic mass is 16.3. The van der Waals surface area contributed by atoms with Gasteiger partial charge in [0, 0.05) is 25.9 Å². The molecule has 1 saturated heterocycles. The largest absolute Gasteiger partial charge is 0.396 e. The molecule has 24 heavy (non-hydrogen) atoms. The van der Waals surface area contributed by atoms with E-state index in [0.717, 1.165) is 30.5 Å². The number of aliphatic hydroxyl groups excluding tert-OH is 1. The third-order valence-electron chi connectivity index (χ3n) is 5.49. The summed E-state index contributed by atoms with van der Waals surface area (Å²) in [5, 5.41) is 12.8. The molecule has 0 radical (unpaired) electrons. The summed E-state index contributed by atoms with van der Waals surface area (Å²) in [6.45, 7) is 9.96. The van der Waals surface area contributed by atoms with Crippen molar-refractivity contribution in [2.75, 3.05) is 19.7 Å². The standard InChI is InChI=1S/C19H31N3O2/c1-5-19(13-23)8-11-22(12-9-19)18(24)21-16(14(2)3)17-15(4)7-6-10-20-17/h6-7,10,14,16,23H,5,8-9,11-13H2,1-4H3,(H,21,24). The minimum absolute atomic E-state index is 0.00813. The summed E-state index contributed by atoms with van der Waals surface area (Å²) in [5.74, 6) is 0.263. The van der Waals surface area contributed by atoms with Crippen molar-refractivity contribution in [1.29, 1.82) is 0 Å². The Labute approximate surface area is 145 Å². The summed E-state index contributed by atoms with van der Waals surface area (Å²) in [6, 6.07) is 3.83. The van der Waals surface area contributed by atoms with Crippen molar-refractivity contribution in [3.63, 3.8) is 0 Å². The van der Waals surface area contributed by atoms with Crippen LogP contribution in [0.2, 0.25) is 0 Å². The molecule has 0 aliphatic carbocycles.